The summed E-state index contributed by atoms with van der Waals surface area (Å²) in [4.78, 5) is 24.6. The summed E-state index contributed by atoms with van der Waals surface area (Å²) < 4.78 is 15.3. The van der Waals surface area contributed by atoms with Crippen LogP contribution in [-0.2, 0) is 25.5 Å². The zero-order chi connectivity index (χ0) is 18.9. The summed E-state index contributed by atoms with van der Waals surface area (Å²) in [7, 11) is 4.41. The molecule has 0 fully saturated rings. The highest BCUT2D eigenvalue weighted by molar-refractivity contribution is 5.90. The summed E-state index contributed by atoms with van der Waals surface area (Å²) in [6.07, 6.45) is 1.53. The normalized spacial score (nSPS) is 21.8. The lowest BCUT2D eigenvalue weighted by atomic mass is 9.63. The molecule has 0 saturated heterocycles. The number of hydrogen-bond acceptors (Lipinski definition) is 5. The number of esters is 2. The van der Waals surface area contributed by atoms with Crippen LogP contribution in [0.2, 0.25) is 0 Å². The second-order valence-corrected chi connectivity index (χ2v) is 6.96. The number of benzene rings is 2. The molecule has 2 unspecified atom stereocenters. The fourth-order valence-electron chi connectivity index (χ4n) is 4.09. The first kappa shape index (κ1) is 18.2. The molecule has 2 aromatic rings. The van der Waals surface area contributed by atoms with Gasteiger partial charge < -0.3 is 14.2 Å². The quantitative estimate of drug-likeness (QED) is 0.783. The van der Waals surface area contributed by atoms with E-state index in [2.05, 4.69) is 0 Å². The minimum atomic E-state index is -0.754. The molecule has 0 bridgehead atoms. The van der Waals surface area contributed by atoms with Crippen LogP contribution in [0.3, 0.4) is 0 Å². The fraction of sp³-hybridized carbons (Fsp3) is 0.429. The fourth-order valence-corrected chi connectivity index (χ4v) is 4.09. The molecule has 0 heterocycles. The van der Waals surface area contributed by atoms with Crippen LogP contribution >= 0.6 is 0 Å². The van der Waals surface area contributed by atoms with E-state index >= 15 is 0 Å². The van der Waals surface area contributed by atoms with Crippen LogP contribution in [0.4, 0.5) is 0 Å². The predicted molar refractivity (Wildman–Crippen MR) is 98.3 cm³/mol. The SMILES string of the molecule is COC(=O)CC1c2ccc3cc(OC)ccc3c2CCC1(C)C(=O)OC. The molecule has 2 aromatic carbocycles. The van der Waals surface area contributed by atoms with Crippen molar-refractivity contribution in [3.63, 3.8) is 0 Å². The van der Waals surface area contributed by atoms with E-state index < -0.39 is 5.41 Å². The van der Waals surface area contributed by atoms with Crippen molar-refractivity contribution in [1.29, 1.82) is 0 Å². The van der Waals surface area contributed by atoms with E-state index in [-0.39, 0.29) is 24.3 Å². The monoisotopic (exact) mass is 356 g/mol. The number of rotatable bonds is 4. The summed E-state index contributed by atoms with van der Waals surface area (Å²) >= 11 is 0. The van der Waals surface area contributed by atoms with E-state index in [1.807, 2.05) is 37.3 Å². The first-order chi connectivity index (χ1) is 12.4. The van der Waals surface area contributed by atoms with Crippen molar-refractivity contribution in [3.05, 3.63) is 41.5 Å². The molecule has 5 heteroatoms. The Balaban J connectivity index is 2.16. The molecular formula is C21H24O5. The molecule has 2 atom stereocenters. The first-order valence-electron chi connectivity index (χ1n) is 8.69. The molecule has 0 saturated carbocycles. The van der Waals surface area contributed by atoms with Gasteiger partial charge in [0.1, 0.15) is 5.75 Å². The standard InChI is InChI=1S/C21H24O5/c1-21(20(23)26-4)10-9-16-15-8-6-14(24-2)11-13(15)5-7-17(16)18(21)12-19(22)25-3/h5-8,11,18H,9-10,12H2,1-4H3. The molecule has 1 aliphatic carbocycles. The van der Waals surface area contributed by atoms with E-state index in [1.54, 1.807) is 7.11 Å². The highest BCUT2D eigenvalue weighted by Gasteiger charge is 2.47. The smallest absolute Gasteiger partial charge is 0.312 e. The lowest BCUT2D eigenvalue weighted by molar-refractivity contribution is -0.155. The van der Waals surface area contributed by atoms with Crippen molar-refractivity contribution >= 4 is 22.7 Å². The Morgan fingerprint density at radius 3 is 2.54 bits per heavy atom. The van der Waals surface area contributed by atoms with Gasteiger partial charge in [-0.25, -0.2) is 0 Å². The van der Waals surface area contributed by atoms with Crippen LogP contribution in [0.5, 0.6) is 5.75 Å². The average Bonchev–Trinajstić information content (AvgIpc) is 2.68. The largest absolute Gasteiger partial charge is 0.497 e. The van der Waals surface area contributed by atoms with Gasteiger partial charge >= 0.3 is 11.9 Å². The topological polar surface area (TPSA) is 61.8 Å². The molecule has 0 amide bonds. The number of fused-ring (bicyclic) bond motifs is 3. The third-order valence-electron chi connectivity index (χ3n) is 5.66. The van der Waals surface area contributed by atoms with Gasteiger partial charge in [-0.1, -0.05) is 18.2 Å². The van der Waals surface area contributed by atoms with Gasteiger partial charge in [-0.05, 0) is 53.8 Å². The molecule has 0 aliphatic heterocycles. The lowest BCUT2D eigenvalue weighted by Gasteiger charge is -2.40. The Bertz CT molecular complexity index is 857. The van der Waals surface area contributed by atoms with Gasteiger partial charge in [-0.15, -0.1) is 0 Å². The van der Waals surface area contributed by atoms with Gasteiger partial charge in [0.15, 0.2) is 0 Å². The number of ether oxygens (including phenoxy) is 3. The summed E-state index contributed by atoms with van der Waals surface area (Å²) in [5, 5.41) is 2.21. The van der Waals surface area contributed by atoms with Crippen molar-refractivity contribution in [2.45, 2.75) is 32.1 Å². The van der Waals surface area contributed by atoms with Gasteiger partial charge in [0.25, 0.3) is 0 Å². The van der Waals surface area contributed by atoms with Crippen molar-refractivity contribution in [2.75, 3.05) is 21.3 Å². The van der Waals surface area contributed by atoms with Crippen LogP contribution in [0, 0.1) is 5.41 Å². The summed E-state index contributed by atoms with van der Waals surface area (Å²) in [5.41, 5.74) is 1.45. The third-order valence-corrected chi connectivity index (χ3v) is 5.66. The molecule has 0 aromatic heterocycles. The Labute approximate surface area is 153 Å². The van der Waals surface area contributed by atoms with Gasteiger partial charge in [0.2, 0.25) is 0 Å². The van der Waals surface area contributed by atoms with Crippen molar-refractivity contribution in [1.82, 2.24) is 0 Å². The number of aryl methyl sites for hydroxylation is 1. The molecule has 0 radical (unpaired) electrons. The first-order valence-corrected chi connectivity index (χ1v) is 8.69. The summed E-state index contributed by atoms with van der Waals surface area (Å²) in [6, 6.07) is 10.0. The molecule has 0 spiro atoms. The maximum Gasteiger partial charge on any atom is 0.312 e. The number of carbonyl (C=O) groups excluding carboxylic acids is 2. The predicted octanol–water partition coefficient (Wildman–Crippen LogP) is 3.62. The van der Waals surface area contributed by atoms with Crippen molar-refractivity contribution in [3.8, 4) is 5.75 Å². The van der Waals surface area contributed by atoms with Crippen LogP contribution in [0.25, 0.3) is 10.8 Å². The third kappa shape index (κ3) is 2.91. The van der Waals surface area contributed by atoms with Gasteiger partial charge in [0, 0.05) is 5.92 Å². The minimum absolute atomic E-state index is 0.150. The van der Waals surface area contributed by atoms with Gasteiger partial charge in [0.05, 0.1) is 33.2 Å². The molecule has 3 rings (SSSR count). The molecule has 26 heavy (non-hydrogen) atoms. The Morgan fingerprint density at radius 1 is 1.12 bits per heavy atom. The molecular weight excluding hydrogens is 332 g/mol. The van der Waals surface area contributed by atoms with E-state index in [0.29, 0.717) is 6.42 Å². The van der Waals surface area contributed by atoms with E-state index in [1.165, 1.54) is 19.8 Å². The Hall–Kier alpha value is -2.56. The average molecular weight is 356 g/mol. The minimum Gasteiger partial charge on any atom is -0.497 e. The number of hydrogen-bond donors (Lipinski definition) is 0. The van der Waals surface area contributed by atoms with Crippen LogP contribution in [0.1, 0.15) is 36.8 Å². The van der Waals surface area contributed by atoms with E-state index in [0.717, 1.165) is 28.5 Å². The van der Waals surface area contributed by atoms with Crippen LogP contribution in [-0.4, -0.2) is 33.3 Å². The van der Waals surface area contributed by atoms with Crippen LogP contribution in [0.15, 0.2) is 30.3 Å². The molecule has 1 aliphatic rings. The van der Waals surface area contributed by atoms with E-state index in [4.69, 9.17) is 14.2 Å². The second-order valence-electron chi connectivity index (χ2n) is 6.96. The lowest BCUT2D eigenvalue weighted by Crippen LogP contribution is -2.40. The van der Waals surface area contributed by atoms with Gasteiger partial charge in [-0.2, -0.15) is 0 Å². The highest BCUT2D eigenvalue weighted by atomic mass is 16.5. The molecule has 5 nitrogen and oxygen atoms in total. The van der Waals surface area contributed by atoms with Gasteiger partial charge in [-0.3, -0.25) is 9.59 Å². The maximum absolute atomic E-state index is 12.5. The zero-order valence-corrected chi connectivity index (χ0v) is 15.6. The Kier molecular flexibility index (Phi) is 4.90. The van der Waals surface area contributed by atoms with E-state index in [9.17, 15) is 9.59 Å². The molecule has 138 valence electrons. The summed E-state index contributed by atoms with van der Waals surface area (Å²) in [6.45, 7) is 1.88. The summed E-state index contributed by atoms with van der Waals surface area (Å²) in [5.74, 6) is -0.0869. The zero-order valence-electron chi connectivity index (χ0n) is 15.6. The van der Waals surface area contributed by atoms with Crippen LogP contribution < -0.4 is 4.74 Å². The number of carbonyl (C=O) groups is 2. The second kappa shape index (κ2) is 6.98. The Morgan fingerprint density at radius 2 is 1.88 bits per heavy atom. The van der Waals surface area contributed by atoms with Crippen molar-refractivity contribution in [2.24, 2.45) is 5.41 Å². The highest BCUT2D eigenvalue weighted by Crippen LogP contribution is 2.49. The molecule has 0 N–H and O–H groups in total. The number of methoxy groups -OCH3 is 3. The maximum atomic E-state index is 12.5. The van der Waals surface area contributed by atoms with Crippen molar-refractivity contribution < 1.29 is 23.8 Å².